The van der Waals surface area contributed by atoms with Gasteiger partial charge in [0, 0.05) is 12.6 Å². The SMILES string of the molecule is CCC1CCN(C2CCCC(NC)(C(=O)O)C2)C1. The molecule has 2 N–H and O–H groups in total. The second-order valence-corrected chi connectivity index (χ2v) is 5.95. The summed E-state index contributed by atoms with van der Waals surface area (Å²) in [5, 5.41) is 12.5. The van der Waals surface area contributed by atoms with Crippen LogP contribution in [-0.4, -0.2) is 47.7 Å². The Kier molecular flexibility index (Phi) is 4.28. The molecule has 18 heavy (non-hydrogen) atoms. The highest BCUT2D eigenvalue weighted by Crippen LogP contribution is 2.34. The van der Waals surface area contributed by atoms with Crippen molar-refractivity contribution in [2.45, 2.75) is 57.0 Å². The Morgan fingerprint density at radius 3 is 2.83 bits per heavy atom. The van der Waals surface area contributed by atoms with Crippen LogP contribution in [0.2, 0.25) is 0 Å². The molecule has 0 radical (unpaired) electrons. The molecular weight excluding hydrogens is 228 g/mol. The zero-order chi connectivity index (χ0) is 13.2. The Balaban J connectivity index is 2.00. The van der Waals surface area contributed by atoms with Crippen LogP contribution in [0, 0.1) is 5.92 Å². The normalized spacial score (nSPS) is 37.9. The Morgan fingerprint density at radius 1 is 1.50 bits per heavy atom. The summed E-state index contributed by atoms with van der Waals surface area (Å²) in [6.45, 7) is 4.58. The topological polar surface area (TPSA) is 52.6 Å². The highest BCUT2D eigenvalue weighted by atomic mass is 16.4. The molecule has 3 atom stereocenters. The fourth-order valence-corrected chi connectivity index (χ4v) is 3.61. The Bertz CT molecular complexity index is 308. The van der Waals surface area contributed by atoms with E-state index < -0.39 is 11.5 Å². The first kappa shape index (κ1) is 13.8. The molecular formula is C14H26N2O2. The van der Waals surface area contributed by atoms with Crippen LogP contribution < -0.4 is 5.32 Å². The molecule has 1 aliphatic heterocycles. The smallest absolute Gasteiger partial charge is 0.323 e. The number of rotatable bonds is 4. The number of hydrogen-bond donors (Lipinski definition) is 2. The van der Waals surface area contributed by atoms with Crippen molar-refractivity contribution in [2.24, 2.45) is 5.92 Å². The Hall–Kier alpha value is -0.610. The number of carbonyl (C=O) groups is 1. The summed E-state index contributed by atoms with van der Waals surface area (Å²) >= 11 is 0. The van der Waals surface area contributed by atoms with Gasteiger partial charge in [-0.1, -0.05) is 13.3 Å². The lowest BCUT2D eigenvalue weighted by atomic mass is 9.78. The van der Waals surface area contributed by atoms with E-state index in [9.17, 15) is 9.90 Å². The van der Waals surface area contributed by atoms with Gasteiger partial charge in [0.1, 0.15) is 5.54 Å². The van der Waals surface area contributed by atoms with E-state index in [0.717, 1.165) is 38.1 Å². The van der Waals surface area contributed by atoms with Gasteiger partial charge in [0.05, 0.1) is 0 Å². The van der Waals surface area contributed by atoms with Crippen LogP contribution in [0.4, 0.5) is 0 Å². The molecule has 0 amide bonds. The van der Waals surface area contributed by atoms with Gasteiger partial charge in [0.2, 0.25) is 0 Å². The second-order valence-electron chi connectivity index (χ2n) is 5.95. The van der Waals surface area contributed by atoms with E-state index in [2.05, 4.69) is 17.1 Å². The minimum Gasteiger partial charge on any atom is -0.480 e. The third-order valence-corrected chi connectivity index (χ3v) is 5.02. The molecule has 0 spiro atoms. The van der Waals surface area contributed by atoms with Crippen molar-refractivity contribution in [3.05, 3.63) is 0 Å². The summed E-state index contributed by atoms with van der Waals surface area (Å²) in [5.74, 6) is 0.140. The van der Waals surface area contributed by atoms with E-state index >= 15 is 0 Å². The molecule has 2 aliphatic rings. The molecule has 2 fully saturated rings. The van der Waals surface area contributed by atoms with Crippen LogP contribution >= 0.6 is 0 Å². The van der Waals surface area contributed by atoms with Crippen molar-refractivity contribution in [3.63, 3.8) is 0 Å². The number of carboxylic acid groups (broad SMARTS) is 1. The van der Waals surface area contributed by atoms with E-state index in [1.54, 1.807) is 7.05 Å². The van der Waals surface area contributed by atoms with Crippen molar-refractivity contribution in [1.82, 2.24) is 10.2 Å². The third-order valence-electron chi connectivity index (χ3n) is 5.02. The molecule has 3 unspecified atom stereocenters. The van der Waals surface area contributed by atoms with Crippen LogP contribution in [0.15, 0.2) is 0 Å². The van der Waals surface area contributed by atoms with Gasteiger partial charge in [-0.15, -0.1) is 0 Å². The molecule has 4 nitrogen and oxygen atoms in total. The van der Waals surface area contributed by atoms with Gasteiger partial charge in [-0.3, -0.25) is 4.79 Å². The molecule has 0 bridgehead atoms. The zero-order valence-corrected chi connectivity index (χ0v) is 11.6. The van der Waals surface area contributed by atoms with Crippen LogP contribution in [0.1, 0.15) is 45.4 Å². The number of aliphatic carboxylic acids is 1. The number of nitrogens with zero attached hydrogens (tertiary/aromatic N) is 1. The van der Waals surface area contributed by atoms with Crippen molar-refractivity contribution in [3.8, 4) is 0 Å². The lowest BCUT2D eigenvalue weighted by molar-refractivity contribution is -0.147. The van der Waals surface area contributed by atoms with Gasteiger partial charge >= 0.3 is 5.97 Å². The maximum absolute atomic E-state index is 11.5. The molecule has 0 aromatic heterocycles. The number of carboxylic acids is 1. The largest absolute Gasteiger partial charge is 0.480 e. The van der Waals surface area contributed by atoms with Crippen molar-refractivity contribution >= 4 is 5.97 Å². The lowest BCUT2D eigenvalue weighted by Gasteiger charge is -2.41. The predicted molar refractivity (Wildman–Crippen MR) is 71.7 cm³/mol. The first-order valence-electron chi connectivity index (χ1n) is 7.27. The highest BCUT2D eigenvalue weighted by molar-refractivity contribution is 5.79. The van der Waals surface area contributed by atoms with E-state index in [-0.39, 0.29) is 0 Å². The summed E-state index contributed by atoms with van der Waals surface area (Å²) in [5.41, 5.74) is -0.687. The van der Waals surface area contributed by atoms with E-state index in [4.69, 9.17) is 0 Å². The predicted octanol–water partition coefficient (Wildman–Crippen LogP) is 1.70. The first-order chi connectivity index (χ1) is 8.61. The van der Waals surface area contributed by atoms with Gasteiger partial charge in [0.25, 0.3) is 0 Å². The fourth-order valence-electron chi connectivity index (χ4n) is 3.61. The quantitative estimate of drug-likeness (QED) is 0.802. The van der Waals surface area contributed by atoms with Gasteiger partial charge in [0.15, 0.2) is 0 Å². The van der Waals surface area contributed by atoms with Crippen molar-refractivity contribution < 1.29 is 9.90 Å². The number of likely N-dealkylation sites (tertiary alicyclic amines) is 1. The van der Waals surface area contributed by atoms with E-state index in [0.29, 0.717) is 6.04 Å². The summed E-state index contributed by atoms with van der Waals surface area (Å²) in [4.78, 5) is 14.0. The summed E-state index contributed by atoms with van der Waals surface area (Å²) in [6.07, 6.45) is 6.24. The zero-order valence-electron chi connectivity index (χ0n) is 11.6. The molecule has 2 rings (SSSR count). The average Bonchev–Trinajstić information content (AvgIpc) is 2.87. The molecule has 1 heterocycles. The summed E-state index contributed by atoms with van der Waals surface area (Å²) < 4.78 is 0. The Morgan fingerprint density at radius 2 is 2.28 bits per heavy atom. The fraction of sp³-hybridized carbons (Fsp3) is 0.929. The van der Waals surface area contributed by atoms with Crippen LogP contribution in [0.3, 0.4) is 0 Å². The van der Waals surface area contributed by atoms with Crippen LogP contribution in [0.25, 0.3) is 0 Å². The minimum absolute atomic E-state index is 0.457. The van der Waals surface area contributed by atoms with Gasteiger partial charge in [-0.2, -0.15) is 0 Å². The number of likely N-dealkylation sites (N-methyl/N-ethyl adjacent to an activating group) is 1. The van der Waals surface area contributed by atoms with Gasteiger partial charge in [-0.25, -0.2) is 0 Å². The van der Waals surface area contributed by atoms with Gasteiger partial charge < -0.3 is 15.3 Å². The maximum Gasteiger partial charge on any atom is 0.323 e. The van der Waals surface area contributed by atoms with Crippen molar-refractivity contribution in [1.29, 1.82) is 0 Å². The molecule has 0 aromatic carbocycles. The molecule has 1 saturated carbocycles. The lowest BCUT2D eigenvalue weighted by Crippen LogP contribution is -2.57. The van der Waals surface area contributed by atoms with E-state index in [1.807, 2.05) is 0 Å². The molecule has 4 heteroatoms. The Labute approximate surface area is 110 Å². The van der Waals surface area contributed by atoms with Crippen molar-refractivity contribution in [2.75, 3.05) is 20.1 Å². The third kappa shape index (κ3) is 2.54. The van der Waals surface area contributed by atoms with Crippen LogP contribution in [-0.2, 0) is 4.79 Å². The average molecular weight is 254 g/mol. The van der Waals surface area contributed by atoms with Crippen LogP contribution in [0.5, 0.6) is 0 Å². The minimum atomic E-state index is -0.687. The second kappa shape index (κ2) is 5.57. The number of hydrogen-bond acceptors (Lipinski definition) is 3. The molecule has 1 aliphatic carbocycles. The number of nitrogens with one attached hydrogen (secondary N) is 1. The first-order valence-corrected chi connectivity index (χ1v) is 7.27. The maximum atomic E-state index is 11.5. The van der Waals surface area contributed by atoms with Gasteiger partial charge in [-0.05, 0) is 51.6 Å². The molecule has 1 saturated heterocycles. The monoisotopic (exact) mass is 254 g/mol. The standard InChI is InChI=1S/C14H26N2O2/c1-3-11-6-8-16(10-11)12-5-4-7-14(9-12,15-2)13(17)18/h11-12,15H,3-10H2,1-2H3,(H,17,18). The molecule has 104 valence electrons. The van der Waals surface area contributed by atoms with E-state index in [1.165, 1.54) is 19.4 Å². The summed E-state index contributed by atoms with van der Waals surface area (Å²) in [7, 11) is 1.79. The summed E-state index contributed by atoms with van der Waals surface area (Å²) in [6, 6.07) is 0.457. The molecule has 0 aromatic rings. The highest BCUT2D eigenvalue weighted by Gasteiger charge is 2.44.